The second kappa shape index (κ2) is 52.3. The third-order valence-corrected chi connectivity index (χ3v) is 11.5. The molecular formula is C62H103NO8. The highest BCUT2D eigenvalue weighted by Crippen LogP contribution is 2.14. The van der Waals surface area contributed by atoms with E-state index in [0.29, 0.717) is 17.4 Å². The van der Waals surface area contributed by atoms with Crippen molar-refractivity contribution in [3.05, 3.63) is 109 Å². The predicted octanol–water partition coefficient (Wildman–Crippen LogP) is 15.0. The molecule has 0 radical (unpaired) electrons. The highest BCUT2D eigenvalue weighted by molar-refractivity contribution is 5.70. The Morgan fingerprint density at radius 3 is 1.21 bits per heavy atom. The number of likely N-dealkylation sites (N-methyl/N-ethyl adjacent to an activating group) is 1. The normalized spacial score (nSPS) is 13.6. The van der Waals surface area contributed by atoms with Gasteiger partial charge in [0.25, 0.3) is 0 Å². The third-order valence-electron chi connectivity index (χ3n) is 11.5. The molecule has 9 heteroatoms. The Bertz CT molecular complexity index is 1530. The number of carbonyl (C=O) groups is 3. The molecule has 71 heavy (non-hydrogen) atoms. The van der Waals surface area contributed by atoms with Crippen LogP contribution < -0.4 is 5.11 Å². The van der Waals surface area contributed by atoms with Crippen molar-refractivity contribution in [3.63, 3.8) is 0 Å². The summed E-state index contributed by atoms with van der Waals surface area (Å²) >= 11 is 0. The molecule has 0 aromatic heterocycles. The van der Waals surface area contributed by atoms with E-state index in [1.165, 1.54) is 70.6 Å². The Hall–Kier alpha value is -4.05. The molecule has 0 fully saturated rings. The molecule has 404 valence electrons. The molecule has 0 aliphatic heterocycles. The second-order valence-electron chi connectivity index (χ2n) is 19.5. The van der Waals surface area contributed by atoms with Crippen LogP contribution in [0.25, 0.3) is 0 Å². The highest BCUT2D eigenvalue weighted by atomic mass is 16.7. The Morgan fingerprint density at radius 2 is 0.803 bits per heavy atom. The van der Waals surface area contributed by atoms with Crippen LogP contribution in [0.3, 0.4) is 0 Å². The molecule has 0 heterocycles. The minimum atomic E-state index is -1.64. The van der Waals surface area contributed by atoms with Gasteiger partial charge in [-0.15, -0.1) is 0 Å². The van der Waals surface area contributed by atoms with Crippen LogP contribution in [0.4, 0.5) is 0 Å². The fourth-order valence-corrected chi connectivity index (χ4v) is 7.19. The van der Waals surface area contributed by atoms with Crippen molar-refractivity contribution >= 4 is 17.9 Å². The third kappa shape index (κ3) is 53.6. The maximum absolute atomic E-state index is 12.8. The average Bonchev–Trinajstić information content (AvgIpc) is 3.34. The summed E-state index contributed by atoms with van der Waals surface area (Å²) in [6, 6.07) is 0. The minimum absolute atomic E-state index is 0.134. The van der Waals surface area contributed by atoms with Crippen LogP contribution in [0.1, 0.15) is 206 Å². The van der Waals surface area contributed by atoms with Crippen LogP contribution in [-0.4, -0.2) is 82.3 Å². The molecule has 2 atom stereocenters. The second-order valence-corrected chi connectivity index (χ2v) is 19.5. The van der Waals surface area contributed by atoms with Gasteiger partial charge in [-0.25, -0.2) is 0 Å². The molecule has 0 amide bonds. The van der Waals surface area contributed by atoms with E-state index in [0.717, 1.165) is 103 Å². The molecule has 0 saturated carbocycles. The van der Waals surface area contributed by atoms with E-state index >= 15 is 0 Å². The zero-order valence-electron chi connectivity index (χ0n) is 45.8. The number of ether oxygens (including phenoxy) is 4. The number of hydrogen-bond donors (Lipinski definition) is 0. The molecule has 0 spiro atoms. The van der Waals surface area contributed by atoms with E-state index in [1.54, 1.807) is 0 Å². The summed E-state index contributed by atoms with van der Waals surface area (Å²) in [5, 5.41) is 11.8. The number of quaternary nitrogens is 1. The molecular weight excluding hydrogens is 887 g/mol. The highest BCUT2D eigenvalue weighted by Gasteiger charge is 2.22. The van der Waals surface area contributed by atoms with Gasteiger partial charge in [-0.2, -0.15) is 0 Å². The Labute approximate surface area is 434 Å². The number of aliphatic carboxylic acids is 1. The monoisotopic (exact) mass is 990 g/mol. The molecule has 0 bridgehead atoms. The SMILES string of the molecule is CC/C=C\C/C=C\C/C=C\C/C=C\C/C=C\C/C=C\C/C=C\CCCCCC(=O)OC(COC(=O)CCCCCCCCCCC/C=C\C/C=C\CCCCCCC)COC(OCC[N+](C)(C)C)C(=O)[O-]. The van der Waals surface area contributed by atoms with Gasteiger partial charge >= 0.3 is 11.9 Å². The topological polar surface area (TPSA) is 111 Å². The van der Waals surface area contributed by atoms with Crippen molar-refractivity contribution in [1.82, 2.24) is 0 Å². The van der Waals surface area contributed by atoms with Gasteiger partial charge in [0, 0.05) is 12.8 Å². The fraction of sp³-hybridized carbons (Fsp3) is 0.661. The number of rotatable bonds is 50. The number of nitrogens with zero attached hydrogens (tertiary/aromatic N) is 1. The molecule has 2 unspecified atom stereocenters. The molecule has 0 aliphatic carbocycles. The van der Waals surface area contributed by atoms with Gasteiger partial charge in [-0.05, 0) is 103 Å². The summed E-state index contributed by atoms with van der Waals surface area (Å²) in [4.78, 5) is 37.3. The summed E-state index contributed by atoms with van der Waals surface area (Å²) in [5.41, 5.74) is 0. The number of unbranched alkanes of at least 4 members (excludes halogenated alkanes) is 17. The minimum Gasteiger partial charge on any atom is -0.545 e. The summed E-state index contributed by atoms with van der Waals surface area (Å²) in [5.74, 6) is -2.35. The lowest BCUT2D eigenvalue weighted by Crippen LogP contribution is -2.44. The number of carbonyl (C=O) groups excluding carboxylic acids is 3. The van der Waals surface area contributed by atoms with Crippen molar-refractivity contribution in [1.29, 1.82) is 0 Å². The Balaban J connectivity index is 4.40. The van der Waals surface area contributed by atoms with E-state index in [-0.39, 0.29) is 38.6 Å². The average molecular weight is 991 g/mol. The maximum atomic E-state index is 12.8. The predicted molar refractivity (Wildman–Crippen MR) is 297 cm³/mol. The van der Waals surface area contributed by atoms with Crippen LogP contribution in [-0.2, 0) is 33.3 Å². The van der Waals surface area contributed by atoms with Gasteiger partial charge in [0.2, 0.25) is 0 Å². The van der Waals surface area contributed by atoms with Crippen molar-refractivity contribution in [2.24, 2.45) is 0 Å². The number of esters is 2. The lowest BCUT2D eigenvalue weighted by molar-refractivity contribution is -0.870. The van der Waals surface area contributed by atoms with Crippen molar-refractivity contribution in [2.75, 3.05) is 47.5 Å². The molecule has 0 aromatic rings. The van der Waals surface area contributed by atoms with Crippen molar-refractivity contribution in [3.8, 4) is 0 Å². The molecule has 0 N–H and O–H groups in total. The summed E-state index contributed by atoms with van der Waals surface area (Å²) in [6.07, 6.45) is 68.4. The molecule has 0 rings (SSSR count). The van der Waals surface area contributed by atoms with Gasteiger partial charge in [-0.3, -0.25) is 9.59 Å². The van der Waals surface area contributed by atoms with E-state index in [9.17, 15) is 19.5 Å². The fourth-order valence-electron chi connectivity index (χ4n) is 7.19. The van der Waals surface area contributed by atoms with Gasteiger partial charge in [-0.1, -0.05) is 200 Å². The zero-order chi connectivity index (χ0) is 52.0. The van der Waals surface area contributed by atoms with Crippen LogP contribution in [0.5, 0.6) is 0 Å². The number of hydrogen-bond acceptors (Lipinski definition) is 8. The quantitative estimate of drug-likeness (QED) is 0.0195. The molecule has 0 saturated heterocycles. The van der Waals surface area contributed by atoms with Crippen LogP contribution in [0, 0.1) is 0 Å². The number of carboxylic acid groups (broad SMARTS) is 1. The molecule has 0 aliphatic rings. The first-order valence-corrected chi connectivity index (χ1v) is 28.0. The van der Waals surface area contributed by atoms with Crippen molar-refractivity contribution < 1.29 is 42.9 Å². The van der Waals surface area contributed by atoms with Crippen molar-refractivity contribution in [2.45, 2.75) is 219 Å². The molecule has 9 nitrogen and oxygen atoms in total. The van der Waals surface area contributed by atoms with E-state index in [2.05, 4.69) is 123 Å². The lowest BCUT2D eigenvalue weighted by atomic mass is 10.1. The summed E-state index contributed by atoms with van der Waals surface area (Å²) in [7, 11) is 5.90. The van der Waals surface area contributed by atoms with Gasteiger partial charge < -0.3 is 33.3 Å². The van der Waals surface area contributed by atoms with Crippen LogP contribution in [0.15, 0.2) is 109 Å². The first-order valence-electron chi connectivity index (χ1n) is 28.0. The number of allylic oxidation sites excluding steroid dienone is 18. The van der Waals surface area contributed by atoms with E-state index < -0.39 is 24.3 Å². The Kier molecular flexibility index (Phi) is 49.3. The van der Waals surface area contributed by atoms with Gasteiger partial charge in [0.15, 0.2) is 12.4 Å². The Morgan fingerprint density at radius 1 is 0.437 bits per heavy atom. The van der Waals surface area contributed by atoms with Crippen LogP contribution in [0.2, 0.25) is 0 Å². The van der Waals surface area contributed by atoms with E-state index in [1.807, 2.05) is 21.1 Å². The number of carboxylic acids is 1. The maximum Gasteiger partial charge on any atom is 0.306 e. The zero-order valence-corrected chi connectivity index (χ0v) is 45.8. The standard InChI is InChI=1S/C62H103NO8/c1-6-8-10-12-14-16-18-20-22-24-26-28-29-30-31-33-35-37-39-41-43-45-47-49-51-53-60(65)71-58(57-70-62(61(66)67)68-55-54-63(3,4)5)56-69-59(64)52-50-48-46-44-42-40-38-36-34-32-27-25-23-21-19-17-15-13-11-9-7-2/h8,10,14,16,19-22,25-28,30-31,35,37,41,43,58,62H,6-7,9,11-13,15,17-18,23-24,29,32-34,36,38-40,42,44-57H2,1-5H3/b10-8-,16-14-,21-19-,22-20-,27-25-,28-26-,31-30-,37-35-,43-41-. The first kappa shape index (κ1) is 67.0. The molecule has 0 aromatic carbocycles. The first-order chi connectivity index (χ1) is 34.6. The van der Waals surface area contributed by atoms with E-state index in [4.69, 9.17) is 18.9 Å². The lowest BCUT2D eigenvalue weighted by Gasteiger charge is -2.26. The van der Waals surface area contributed by atoms with Crippen LogP contribution >= 0.6 is 0 Å². The largest absolute Gasteiger partial charge is 0.545 e. The summed E-state index contributed by atoms with van der Waals surface area (Å²) < 4.78 is 22.6. The van der Waals surface area contributed by atoms with Gasteiger partial charge in [0.05, 0.1) is 40.3 Å². The summed E-state index contributed by atoms with van der Waals surface area (Å²) in [6.45, 7) is 4.56. The smallest absolute Gasteiger partial charge is 0.306 e. The van der Waals surface area contributed by atoms with Gasteiger partial charge in [0.1, 0.15) is 13.2 Å².